The second-order valence-corrected chi connectivity index (χ2v) is 15.5. The van der Waals surface area contributed by atoms with Gasteiger partial charge in [0.25, 0.3) is 5.91 Å². The number of hydrogen-bond donors (Lipinski definition) is 4. The van der Waals surface area contributed by atoms with E-state index in [2.05, 4.69) is 30.4 Å². The number of amides is 1. The van der Waals surface area contributed by atoms with Crippen LogP contribution < -0.4 is 31.9 Å². The standard InChI is InChI=1S/C29H40N10O5S2/c1-3-45(41,42)38-17-13-36(14-18-38)23-9-5-21(6-10-23)32-28-25(27(31)40)26(30)34-29(35-28)33-22-7-11-24(12-8-22)37-15-19-39(20-16-37)46(43,44)4-2/h5-12H,3-4,13-20H2,1-2H3,(H2,31,40)(H4,30,32,33,34,35). The fourth-order valence-corrected chi connectivity index (χ4v) is 7.63. The smallest absolute Gasteiger partial charge is 0.256 e. The van der Waals surface area contributed by atoms with Crippen LogP contribution in [0.4, 0.5) is 40.3 Å². The molecule has 2 aliphatic rings. The molecule has 0 spiro atoms. The highest BCUT2D eigenvalue weighted by atomic mass is 32.2. The summed E-state index contributed by atoms with van der Waals surface area (Å²) in [5.74, 6) is -0.373. The van der Waals surface area contributed by atoms with Crippen LogP contribution in [-0.4, -0.2) is 105 Å². The van der Waals surface area contributed by atoms with Crippen molar-refractivity contribution in [1.82, 2.24) is 18.6 Å². The molecule has 0 unspecified atom stereocenters. The van der Waals surface area contributed by atoms with Gasteiger partial charge in [-0.25, -0.2) is 16.8 Å². The van der Waals surface area contributed by atoms with Crippen molar-refractivity contribution < 1.29 is 21.6 Å². The monoisotopic (exact) mass is 672 g/mol. The Bertz CT molecular complexity index is 1750. The first-order valence-electron chi connectivity index (χ1n) is 15.1. The molecule has 2 aromatic carbocycles. The largest absolute Gasteiger partial charge is 0.383 e. The molecule has 1 amide bonds. The van der Waals surface area contributed by atoms with E-state index in [0.29, 0.717) is 63.7 Å². The van der Waals surface area contributed by atoms with Gasteiger partial charge in [-0.05, 0) is 62.4 Å². The Labute approximate surface area is 269 Å². The summed E-state index contributed by atoms with van der Waals surface area (Å²) >= 11 is 0. The molecule has 46 heavy (non-hydrogen) atoms. The maximum Gasteiger partial charge on any atom is 0.256 e. The van der Waals surface area contributed by atoms with Crippen LogP contribution in [0.1, 0.15) is 24.2 Å². The van der Waals surface area contributed by atoms with E-state index in [0.717, 1.165) is 11.4 Å². The Kier molecular flexibility index (Phi) is 9.85. The fraction of sp³-hybridized carbons (Fsp3) is 0.414. The van der Waals surface area contributed by atoms with Gasteiger partial charge < -0.3 is 31.9 Å². The van der Waals surface area contributed by atoms with Gasteiger partial charge in [0.2, 0.25) is 26.0 Å². The lowest BCUT2D eigenvalue weighted by Gasteiger charge is -2.35. The lowest BCUT2D eigenvalue weighted by atomic mass is 10.2. The molecule has 15 nitrogen and oxygen atoms in total. The maximum absolute atomic E-state index is 12.3. The molecule has 17 heteroatoms. The van der Waals surface area contributed by atoms with E-state index < -0.39 is 26.0 Å². The Balaban J connectivity index is 1.25. The van der Waals surface area contributed by atoms with Gasteiger partial charge in [-0.15, -0.1) is 0 Å². The SMILES string of the molecule is CCS(=O)(=O)N1CCN(c2ccc(Nc3nc(N)c(C(N)=O)c(Nc4ccc(N5CCN(S(=O)(=O)CC)CC5)cc4)n3)cc2)CC1. The van der Waals surface area contributed by atoms with Crippen molar-refractivity contribution >= 4 is 66.3 Å². The van der Waals surface area contributed by atoms with Crippen molar-refractivity contribution in [3.8, 4) is 0 Å². The fourth-order valence-electron chi connectivity index (χ4n) is 5.46. The van der Waals surface area contributed by atoms with Gasteiger partial charge >= 0.3 is 0 Å². The summed E-state index contributed by atoms with van der Waals surface area (Å²) in [4.78, 5) is 25.2. The summed E-state index contributed by atoms with van der Waals surface area (Å²) in [5, 5.41) is 6.24. The zero-order valence-corrected chi connectivity index (χ0v) is 27.5. The van der Waals surface area contributed by atoms with E-state index in [4.69, 9.17) is 11.5 Å². The number of nitrogens with two attached hydrogens (primary N) is 2. The molecule has 0 bridgehead atoms. The summed E-state index contributed by atoms with van der Waals surface area (Å²) in [6.07, 6.45) is 0. The quantitative estimate of drug-likeness (QED) is 0.230. The highest BCUT2D eigenvalue weighted by Gasteiger charge is 2.27. The second kappa shape index (κ2) is 13.7. The second-order valence-electron chi connectivity index (χ2n) is 10.9. The first-order chi connectivity index (χ1) is 21.9. The average Bonchev–Trinajstić information content (AvgIpc) is 3.05. The maximum atomic E-state index is 12.3. The number of carbonyl (C=O) groups is 1. The van der Waals surface area contributed by atoms with Gasteiger partial charge in [-0.2, -0.15) is 18.6 Å². The van der Waals surface area contributed by atoms with Crippen molar-refractivity contribution in [3.63, 3.8) is 0 Å². The van der Waals surface area contributed by atoms with Gasteiger partial charge in [-0.1, -0.05) is 0 Å². The van der Waals surface area contributed by atoms with Crippen LogP contribution in [0, 0.1) is 0 Å². The van der Waals surface area contributed by atoms with Crippen molar-refractivity contribution in [3.05, 3.63) is 54.1 Å². The molecule has 3 aromatic rings. The molecule has 6 N–H and O–H groups in total. The molecular formula is C29H40N10O5S2. The summed E-state index contributed by atoms with van der Waals surface area (Å²) in [6, 6.07) is 15.0. The number of hydrogen-bond acceptors (Lipinski definition) is 12. The summed E-state index contributed by atoms with van der Waals surface area (Å²) in [7, 11) is -6.41. The minimum absolute atomic E-state index is 0.0394. The van der Waals surface area contributed by atoms with E-state index in [1.165, 1.54) is 8.61 Å². The summed E-state index contributed by atoms with van der Waals surface area (Å²) < 4.78 is 51.8. The predicted octanol–water partition coefficient (Wildman–Crippen LogP) is 1.59. The Morgan fingerprint density at radius 2 is 1.11 bits per heavy atom. The van der Waals surface area contributed by atoms with E-state index in [9.17, 15) is 21.6 Å². The summed E-state index contributed by atoms with van der Waals surface area (Å²) in [6.45, 7) is 7.39. The number of primary amides is 1. The van der Waals surface area contributed by atoms with E-state index in [1.54, 1.807) is 13.8 Å². The first-order valence-corrected chi connectivity index (χ1v) is 18.3. The van der Waals surface area contributed by atoms with Gasteiger partial charge in [0.1, 0.15) is 11.4 Å². The third-order valence-electron chi connectivity index (χ3n) is 8.16. The number of sulfonamides is 2. The van der Waals surface area contributed by atoms with E-state index in [1.807, 2.05) is 48.5 Å². The topological polar surface area (TPSA) is 200 Å². The zero-order chi connectivity index (χ0) is 33.1. The highest BCUT2D eigenvalue weighted by molar-refractivity contribution is 7.89. The van der Waals surface area contributed by atoms with Crippen molar-refractivity contribution in [2.75, 3.05) is 90.0 Å². The lowest BCUT2D eigenvalue weighted by molar-refractivity contribution is 0.100. The minimum atomic E-state index is -3.21. The third-order valence-corrected chi connectivity index (χ3v) is 11.9. The molecule has 0 aliphatic carbocycles. The Morgan fingerprint density at radius 1 is 0.696 bits per heavy atom. The Morgan fingerprint density at radius 3 is 1.50 bits per heavy atom. The van der Waals surface area contributed by atoms with Crippen LogP contribution in [0.15, 0.2) is 48.5 Å². The molecule has 3 heterocycles. The number of piperazine rings is 2. The lowest BCUT2D eigenvalue weighted by Crippen LogP contribution is -2.49. The molecule has 0 radical (unpaired) electrons. The van der Waals surface area contributed by atoms with Gasteiger partial charge in [-0.3, -0.25) is 4.79 Å². The number of benzene rings is 2. The molecule has 1 aromatic heterocycles. The average molecular weight is 673 g/mol. The third kappa shape index (κ3) is 7.43. The summed E-state index contributed by atoms with van der Waals surface area (Å²) in [5.41, 5.74) is 14.9. The number of anilines is 7. The van der Waals surface area contributed by atoms with Crippen LogP contribution in [0.2, 0.25) is 0 Å². The van der Waals surface area contributed by atoms with Gasteiger partial charge in [0.15, 0.2) is 5.82 Å². The number of nitrogens with zero attached hydrogens (tertiary/aromatic N) is 6. The van der Waals surface area contributed by atoms with Crippen LogP contribution >= 0.6 is 0 Å². The number of carbonyl (C=O) groups excluding carboxylic acids is 1. The first kappa shape index (κ1) is 33.2. The molecule has 2 aliphatic heterocycles. The van der Waals surface area contributed by atoms with Crippen LogP contribution in [0.3, 0.4) is 0 Å². The highest BCUT2D eigenvalue weighted by Crippen LogP contribution is 2.28. The number of rotatable bonds is 11. The van der Waals surface area contributed by atoms with Gasteiger partial charge in [0, 0.05) is 75.1 Å². The zero-order valence-electron chi connectivity index (χ0n) is 25.9. The van der Waals surface area contributed by atoms with Gasteiger partial charge in [0.05, 0.1) is 11.5 Å². The van der Waals surface area contributed by atoms with Crippen molar-refractivity contribution in [2.24, 2.45) is 5.73 Å². The number of aromatic nitrogens is 2. The molecule has 0 saturated carbocycles. The number of nitrogen functional groups attached to an aromatic ring is 1. The molecule has 5 rings (SSSR count). The molecule has 0 atom stereocenters. The number of nitrogens with one attached hydrogen (secondary N) is 2. The van der Waals surface area contributed by atoms with Crippen molar-refractivity contribution in [1.29, 1.82) is 0 Å². The minimum Gasteiger partial charge on any atom is -0.383 e. The van der Waals surface area contributed by atoms with E-state index >= 15 is 0 Å². The van der Waals surface area contributed by atoms with Crippen molar-refractivity contribution in [2.45, 2.75) is 13.8 Å². The predicted molar refractivity (Wildman–Crippen MR) is 181 cm³/mol. The molecule has 2 saturated heterocycles. The molecule has 248 valence electrons. The molecular weight excluding hydrogens is 633 g/mol. The Hall–Kier alpha value is -4.19. The van der Waals surface area contributed by atoms with Crippen LogP contribution in [-0.2, 0) is 20.0 Å². The normalized spacial score (nSPS) is 16.7. The molecule has 2 fully saturated rings. The van der Waals surface area contributed by atoms with E-state index in [-0.39, 0.29) is 34.7 Å². The van der Waals surface area contributed by atoms with Crippen LogP contribution in [0.25, 0.3) is 0 Å². The van der Waals surface area contributed by atoms with Crippen LogP contribution in [0.5, 0.6) is 0 Å².